The maximum Gasteiger partial charge on any atom is 0.137 e. The molecule has 0 N–H and O–H groups in total. The monoisotopic (exact) mass is 338 g/mol. The minimum Gasteiger partial charge on any atom is -0.331 e. The van der Waals surface area contributed by atoms with Gasteiger partial charge < -0.3 is 9.47 Å². The molecule has 25 heavy (non-hydrogen) atoms. The molecule has 0 radical (unpaired) electrons. The normalized spacial score (nSPS) is 16.6. The zero-order valence-corrected chi connectivity index (χ0v) is 14.7. The minimum atomic E-state index is 0.535. The number of likely N-dealkylation sites (tertiary alicyclic amines) is 1. The first-order valence-corrected chi connectivity index (χ1v) is 9.36. The molecule has 0 atom stereocenters. The van der Waals surface area contributed by atoms with Gasteiger partial charge in [0.1, 0.15) is 12.7 Å². The van der Waals surface area contributed by atoms with Crippen LogP contribution in [-0.2, 0) is 6.54 Å². The van der Waals surface area contributed by atoms with Crippen molar-refractivity contribution in [2.24, 2.45) is 0 Å². The fourth-order valence-corrected chi connectivity index (χ4v) is 3.80. The van der Waals surface area contributed by atoms with Crippen molar-refractivity contribution >= 4 is 11.0 Å². The van der Waals surface area contributed by atoms with Crippen molar-refractivity contribution in [1.29, 1.82) is 0 Å². The molecule has 6 heteroatoms. The lowest BCUT2D eigenvalue weighted by atomic mass is 10.0. The van der Waals surface area contributed by atoms with Crippen LogP contribution in [0, 0.1) is 0 Å². The molecule has 0 amide bonds. The van der Waals surface area contributed by atoms with Crippen LogP contribution < -0.4 is 0 Å². The highest BCUT2D eigenvalue weighted by Crippen LogP contribution is 2.21. The van der Waals surface area contributed by atoms with E-state index in [9.17, 15) is 0 Å². The maximum atomic E-state index is 4.46. The van der Waals surface area contributed by atoms with Crippen molar-refractivity contribution in [2.45, 2.75) is 44.7 Å². The molecule has 2 aromatic heterocycles. The van der Waals surface area contributed by atoms with Gasteiger partial charge in [-0.3, -0.25) is 0 Å². The first-order valence-electron chi connectivity index (χ1n) is 9.36. The first-order chi connectivity index (χ1) is 12.4. The predicted octanol–water partition coefficient (Wildman–Crippen LogP) is 3.14. The number of piperidine rings is 1. The highest BCUT2D eigenvalue weighted by atomic mass is 15.3. The Morgan fingerprint density at radius 2 is 1.80 bits per heavy atom. The number of nitrogens with zero attached hydrogens (tertiary/aromatic N) is 6. The molecule has 6 nitrogen and oxygen atoms in total. The van der Waals surface area contributed by atoms with Gasteiger partial charge in [0.25, 0.3) is 0 Å². The third-order valence-corrected chi connectivity index (χ3v) is 5.27. The SMILES string of the molecule is c1ccc2c(c1)ncn2CCCCCN1CCC(n2cncn2)CC1. The van der Waals surface area contributed by atoms with Crippen LogP contribution in [0.2, 0.25) is 0 Å². The number of hydrogen-bond donors (Lipinski definition) is 0. The smallest absolute Gasteiger partial charge is 0.137 e. The Bertz CT molecular complexity index is 770. The Kier molecular flexibility index (Phi) is 5.06. The fraction of sp³-hybridized carbons (Fsp3) is 0.526. The van der Waals surface area contributed by atoms with Crippen molar-refractivity contribution in [3.05, 3.63) is 43.2 Å². The Morgan fingerprint density at radius 1 is 0.960 bits per heavy atom. The van der Waals surface area contributed by atoms with Crippen LogP contribution in [0.5, 0.6) is 0 Å². The summed E-state index contributed by atoms with van der Waals surface area (Å²) in [5.74, 6) is 0. The van der Waals surface area contributed by atoms with Gasteiger partial charge in [-0.1, -0.05) is 18.6 Å². The van der Waals surface area contributed by atoms with Gasteiger partial charge in [0.05, 0.1) is 23.4 Å². The van der Waals surface area contributed by atoms with Gasteiger partial charge in [0, 0.05) is 19.6 Å². The summed E-state index contributed by atoms with van der Waals surface area (Å²) in [4.78, 5) is 11.1. The number of aromatic nitrogens is 5. The number of benzene rings is 1. The third-order valence-electron chi connectivity index (χ3n) is 5.27. The summed E-state index contributed by atoms with van der Waals surface area (Å²) in [7, 11) is 0. The molecule has 3 aromatic rings. The summed E-state index contributed by atoms with van der Waals surface area (Å²) < 4.78 is 4.30. The molecule has 1 aliphatic rings. The van der Waals surface area contributed by atoms with Crippen LogP contribution in [0.25, 0.3) is 11.0 Å². The quantitative estimate of drug-likeness (QED) is 0.621. The molecule has 4 rings (SSSR count). The largest absolute Gasteiger partial charge is 0.331 e. The van der Waals surface area contributed by atoms with Crippen LogP contribution in [-0.4, -0.2) is 48.8 Å². The van der Waals surface area contributed by atoms with Crippen LogP contribution in [0.15, 0.2) is 43.2 Å². The molecule has 132 valence electrons. The highest BCUT2D eigenvalue weighted by Gasteiger charge is 2.20. The molecule has 1 saturated heterocycles. The van der Waals surface area contributed by atoms with Gasteiger partial charge in [-0.2, -0.15) is 5.10 Å². The number of aryl methyl sites for hydroxylation is 1. The lowest BCUT2D eigenvalue weighted by Crippen LogP contribution is -2.35. The third kappa shape index (κ3) is 3.90. The number of rotatable bonds is 7. The van der Waals surface area contributed by atoms with E-state index in [1.165, 1.54) is 57.3 Å². The summed E-state index contributed by atoms with van der Waals surface area (Å²) >= 11 is 0. The van der Waals surface area contributed by atoms with E-state index in [1.54, 1.807) is 6.33 Å². The summed E-state index contributed by atoms with van der Waals surface area (Å²) in [5.41, 5.74) is 2.34. The summed E-state index contributed by atoms with van der Waals surface area (Å²) in [5, 5.41) is 4.28. The van der Waals surface area contributed by atoms with E-state index < -0.39 is 0 Å². The Morgan fingerprint density at radius 3 is 2.64 bits per heavy atom. The second kappa shape index (κ2) is 7.78. The molecule has 1 aliphatic heterocycles. The van der Waals surface area contributed by atoms with Crippen LogP contribution in [0.3, 0.4) is 0 Å². The van der Waals surface area contributed by atoms with E-state index in [0.717, 1.165) is 12.1 Å². The van der Waals surface area contributed by atoms with Crippen molar-refractivity contribution in [3.8, 4) is 0 Å². The molecular formula is C19H26N6. The lowest BCUT2D eigenvalue weighted by Gasteiger charge is -2.31. The van der Waals surface area contributed by atoms with Crippen molar-refractivity contribution in [2.75, 3.05) is 19.6 Å². The molecule has 3 heterocycles. The average molecular weight is 338 g/mol. The van der Waals surface area contributed by atoms with Crippen molar-refractivity contribution in [1.82, 2.24) is 29.2 Å². The molecule has 0 bridgehead atoms. The summed E-state index contributed by atoms with van der Waals surface area (Å²) in [6.07, 6.45) is 11.6. The molecule has 0 spiro atoms. The molecular weight excluding hydrogens is 312 g/mol. The molecule has 0 unspecified atom stereocenters. The van der Waals surface area contributed by atoms with Gasteiger partial charge in [0.2, 0.25) is 0 Å². The fourth-order valence-electron chi connectivity index (χ4n) is 3.80. The standard InChI is InChI=1S/C19H26N6/c1(5-11-24-16-21-18-6-2-3-7-19(18)24)4-10-23-12-8-17(9-13-23)25-15-20-14-22-25/h2-3,6-7,14-17H,1,4-5,8-13H2. The van der Waals surface area contributed by atoms with Gasteiger partial charge >= 0.3 is 0 Å². The second-order valence-corrected chi connectivity index (χ2v) is 6.94. The van der Waals surface area contributed by atoms with E-state index >= 15 is 0 Å². The lowest BCUT2D eigenvalue weighted by molar-refractivity contribution is 0.177. The maximum absolute atomic E-state index is 4.46. The van der Waals surface area contributed by atoms with E-state index in [-0.39, 0.29) is 0 Å². The van der Waals surface area contributed by atoms with Gasteiger partial charge in [-0.05, 0) is 44.4 Å². The molecule has 1 fully saturated rings. The summed E-state index contributed by atoms with van der Waals surface area (Å²) in [6.45, 7) is 4.64. The Hall–Kier alpha value is -2.21. The summed E-state index contributed by atoms with van der Waals surface area (Å²) in [6, 6.07) is 8.90. The number of para-hydroxylation sites is 2. The highest BCUT2D eigenvalue weighted by molar-refractivity contribution is 5.74. The van der Waals surface area contributed by atoms with Gasteiger partial charge in [0.15, 0.2) is 0 Å². The second-order valence-electron chi connectivity index (χ2n) is 6.94. The first kappa shape index (κ1) is 16.3. The predicted molar refractivity (Wildman–Crippen MR) is 98.3 cm³/mol. The molecule has 1 aromatic carbocycles. The van der Waals surface area contributed by atoms with Gasteiger partial charge in [-0.25, -0.2) is 14.6 Å². The van der Waals surface area contributed by atoms with E-state index in [4.69, 9.17) is 0 Å². The number of hydrogen-bond acceptors (Lipinski definition) is 4. The number of fused-ring (bicyclic) bond motifs is 1. The zero-order chi connectivity index (χ0) is 16.9. The van der Waals surface area contributed by atoms with E-state index in [0.29, 0.717) is 6.04 Å². The zero-order valence-electron chi connectivity index (χ0n) is 14.7. The number of imidazole rings is 1. The van der Waals surface area contributed by atoms with Crippen LogP contribution >= 0.6 is 0 Å². The number of unbranched alkanes of at least 4 members (excludes halogenated alkanes) is 2. The van der Waals surface area contributed by atoms with E-state index in [1.807, 2.05) is 23.4 Å². The Balaban J connectivity index is 1.15. The molecule has 0 aliphatic carbocycles. The topological polar surface area (TPSA) is 51.8 Å². The van der Waals surface area contributed by atoms with Crippen molar-refractivity contribution in [3.63, 3.8) is 0 Å². The van der Waals surface area contributed by atoms with Gasteiger partial charge in [-0.15, -0.1) is 0 Å². The molecule has 0 saturated carbocycles. The average Bonchev–Trinajstić information content (AvgIpc) is 3.32. The van der Waals surface area contributed by atoms with Crippen molar-refractivity contribution < 1.29 is 0 Å². The Labute approximate surface area is 148 Å². The minimum absolute atomic E-state index is 0.535. The van der Waals surface area contributed by atoms with E-state index in [2.05, 4.69) is 42.7 Å². The van der Waals surface area contributed by atoms with Crippen LogP contribution in [0.4, 0.5) is 0 Å². The van der Waals surface area contributed by atoms with Crippen LogP contribution in [0.1, 0.15) is 38.1 Å².